The van der Waals surface area contributed by atoms with Gasteiger partial charge < -0.3 is 10.6 Å². The molecule has 0 fully saturated rings. The van der Waals surface area contributed by atoms with Crippen molar-refractivity contribution in [3.63, 3.8) is 0 Å². The maximum absolute atomic E-state index is 12.3. The highest BCUT2D eigenvalue weighted by molar-refractivity contribution is 6.03. The van der Waals surface area contributed by atoms with Gasteiger partial charge in [0, 0.05) is 24.5 Å². The fourth-order valence-electron chi connectivity index (χ4n) is 2.35. The minimum atomic E-state index is -0.159. The van der Waals surface area contributed by atoms with Crippen LogP contribution in [0.25, 0.3) is 0 Å². The van der Waals surface area contributed by atoms with Crippen LogP contribution in [0.1, 0.15) is 27.0 Å². The number of amides is 1. The van der Waals surface area contributed by atoms with Crippen molar-refractivity contribution in [1.29, 1.82) is 0 Å². The molecule has 5 nitrogen and oxygen atoms in total. The van der Waals surface area contributed by atoms with E-state index in [1.807, 2.05) is 50.2 Å². The van der Waals surface area contributed by atoms with Crippen LogP contribution in [0.5, 0.6) is 0 Å². The van der Waals surface area contributed by atoms with Gasteiger partial charge in [0.15, 0.2) is 0 Å². The number of rotatable bonds is 5. The second-order valence-electron chi connectivity index (χ2n) is 5.89. The van der Waals surface area contributed by atoms with Crippen LogP contribution in [0, 0.1) is 13.8 Å². The number of aryl methyl sites for hydroxylation is 2. The van der Waals surface area contributed by atoms with Crippen LogP contribution in [0.3, 0.4) is 0 Å². The zero-order valence-corrected chi connectivity index (χ0v) is 14.3. The second-order valence-corrected chi connectivity index (χ2v) is 5.89. The summed E-state index contributed by atoms with van der Waals surface area (Å²) in [5.74, 6) is 0.366. The SMILES string of the molecule is Cc1ccc(C(=O)Nc2ccc(NCc3ccncc3)cn2)cc1C. The summed E-state index contributed by atoms with van der Waals surface area (Å²) in [5, 5.41) is 6.10. The maximum atomic E-state index is 12.3. The van der Waals surface area contributed by atoms with E-state index in [4.69, 9.17) is 0 Å². The molecule has 1 aromatic carbocycles. The molecule has 0 unspecified atom stereocenters. The Hall–Kier alpha value is -3.21. The van der Waals surface area contributed by atoms with Crippen molar-refractivity contribution >= 4 is 17.4 Å². The number of hydrogen-bond donors (Lipinski definition) is 2. The van der Waals surface area contributed by atoms with Gasteiger partial charge in [0.2, 0.25) is 0 Å². The van der Waals surface area contributed by atoms with Crippen molar-refractivity contribution in [3.05, 3.63) is 83.3 Å². The number of benzene rings is 1. The lowest BCUT2D eigenvalue weighted by molar-refractivity contribution is 0.102. The van der Waals surface area contributed by atoms with E-state index in [2.05, 4.69) is 20.6 Å². The zero-order chi connectivity index (χ0) is 17.6. The van der Waals surface area contributed by atoms with Crippen molar-refractivity contribution in [3.8, 4) is 0 Å². The average molecular weight is 332 g/mol. The molecule has 0 saturated carbocycles. The Balaban J connectivity index is 1.60. The predicted octanol–water partition coefficient (Wildman–Crippen LogP) is 3.96. The molecule has 0 saturated heterocycles. The molecule has 25 heavy (non-hydrogen) atoms. The normalized spacial score (nSPS) is 10.3. The fraction of sp³-hybridized carbons (Fsp3) is 0.150. The van der Waals surface area contributed by atoms with E-state index in [-0.39, 0.29) is 5.91 Å². The quantitative estimate of drug-likeness (QED) is 0.742. The number of nitrogens with one attached hydrogen (secondary N) is 2. The lowest BCUT2D eigenvalue weighted by Gasteiger charge is -2.09. The largest absolute Gasteiger partial charge is 0.380 e. The molecule has 3 rings (SSSR count). The van der Waals surface area contributed by atoms with E-state index < -0.39 is 0 Å². The molecule has 0 bridgehead atoms. The molecule has 1 amide bonds. The van der Waals surface area contributed by atoms with E-state index in [9.17, 15) is 4.79 Å². The smallest absolute Gasteiger partial charge is 0.256 e. The molecule has 0 atom stereocenters. The highest BCUT2D eigenvalue weighted by Gasteiger charge is 2.08. The molecule has 0 spiro atoms. The molecule has 0 aliphatic heterocycles. The van der Waals surface area contributed by atoms with Crippen LogP contribution in [0.2, 0.25) is 0 Å². The van der Waals surface area contributed by atoms with Gasteiger partial charge in [-0.05, 0) is 66.9 Å². The van der Waals surface area contributed by atoms with Crippen molar-refractivity contribution in [2.75, 3.05) is 10.6 Å². The summed E-state index contributed by atoms with van der Waals surface area (Å²) in [4.78, 5) is 20.6. The lowest BCUT2D eigenvalue weighted by atomic mass is 10.1. The van der Waals surface area contributed by atoms with E-state index in [0.717, 1.165) is 16.8 Å². The third kappa shape index (κ3) is 4.41. The number of aromatic nitrogens is 2. The van der Waals surface area contributed by atoms with Gasteiger partial charge in [-0.1, -0.05) is 6.07 Å². The first kappa shape index (κ1) is 16.6. The number of carbonyl (C=O) groups is 1. The van der Waals surface area contributed by atoms with Gasteiger partial charge in [-0.3, -0.25) is 9.78 Å². The Morgan fingerprint density at radius 3 is 2.48 bits per heavy atom. The number of anilines is 2. The average Bonchev–Trinajstić information content (AvgIpc) is 2.64. The Morgan fingerprint density at radius 2 is 1.80 bits per heavy atom. The summed E-state index contributed by atoms with van der Waals surface area (Å²) in [7, 11) is 0. The van der Waals surface area contributed by atoms with Gasteiger partial charge >= 0.3 is 0 Å². The van der Waals surface area contributed by atoms with Gasteiger partial charge in [-0.15, -0.1) is 0 Å². The first-order valence-corrected chi connectivity index (χ1v) is 8.09. The van der Waals surface area contributed by atoms with Gasteiger partial charge in [-0.2, -0.15) is 0 Å². The summed E-state index contributed by atoms with van der Waals surface area (Å²) in [6.07, 6.45) is 5.23. The monoisotopic (exact) mass is 332 g/mol. The molecule has 2 N–H and O–H groups in total. The van der Waals surface area contributed by atoms with Gasteiger partial charge in [0.1, 0.15) is 5.82 Å². The van der Waals surface area contributed by atoms with Crippen molar-refractivity contribution in [2.45, 2.75) is 20.4 Å². The lowest BCUT2D eigenvalue weighted by Crippen LogP contribution is -2.13. The summed E-state index contributed by atoms with van der Waals surface area (Å²) >= 11 is 0. The third-order valence-electron chi connectivity index (χ3n) is 4.02. The number of pyridine rings is 2. The molecule has 2 heterocycles. The van der Waals surface area contributed by atoms with Crippen molar-refractivity contribution in [1.82, 2.24) is 9.97 Å². The first-order chi connectivity index (χ1) is 12.1. The van der Waals surface area contributed by atoms with E-state index in [1.165, 1.54) is 5.56 Å². The van der Waals surface area contributed by atoms with E-state index in [1.54, 1.807) is 24.7 Å². The van der Waals surface area contributed by atoms with Crippen LogP contribution >= 0.6 is 0 Å². The molecule has 0 aliphatic carbocycles. The molecular weight excluding hydrogens is 312 g/mol. The first-order valence-electron chi connectivity index (χ1n) is 8.09. The molecule has 0 radical (unpaired) electrons. The summed E-state index contributed by atoms with van der Waals surface area (Å²) in [6, 6.07) is 13.2. The molecule has 0 aliphatic rings. The Bertz CT molecular complexity index is 861. The zero-order valence-electron chi connectivity index (χ0n) is 14.3. The molecule has 3 aromatic rings. The third-order valence-corrected chi connectivity index (χ3v) is 4.02. The fourth-order valence-corrected chi connectivity index (χ4v) is 2.35. The summed E-state index contributed by atoms with van der Waals surface area (Å²) < 4.78 is 0. The number of nitrogens with zero attached hydrogens (tertiary/aromatic N) is 2. The van der Waals surface area contributed by atoms with E-state index in [0.29, 0.717) is 17.9 Å². The minimum Gasteiger partial charge on any atom is -0.380 e. The van der Waals surface area contributed by atoms with Gasteiger partial charge in [0.25, 0.3) is 5.91 Å². The maximum Gasteiger partial charge on any atom is 0.256 e. The van der Waals surface area contributed by atoms with Gasteiger partial charge in [-0.25, -0.2) is 4.98 Å². The number of carbonyl (C=O) groups excluding carboxylic acids is 1. The molecular formula is C20H20N4O. The predicted molar refractivity (Wildman–Crippen MR) is 99.7 cm³/mol. The number of hydrogen-bond acceptors (Lipinski definition) is 4. The molecule has 5 heteroatoms. The Morgan fingerprint density at radius 1 is 1.00 bits per heavy atom. The minimum absolute atomic E-state index is 0.159. The van der Waals surface area contributed by atoms with Crippen LogP contribution < -0.4 is 10.6 Å². The Kier molecular flexibility index (Phi) is 5.04. The molecule has 2 aromatic heterocycles. The summed E-state index contributed by atoms with van der Waals surface area (Å²) in [5.41, 5.74) is 4.92. The topological polar surface area (TPSA) is 66.9 Å². The van der Waals surface area contributed by atoms with E-state index >= 15 is 0 Å². The summed E-state index contributed by atoms with van der Waals surface area (Å²) in [6.45, 7) is 4.71. The highest BCUT2D eigenvalue weighted by Crippen LogP contribution is 2.14. The van der Waals surface area contributed by atoms with Crippen LogP contribution in [-0.2, 0) is 6.54 Å². The second kappa shape index (κ2) is 7.57. The van der Waals surface area contributed by atoms with Crippen molar-refractivity contribution in [2.24, 2.45) is 0 Å². The van der Waals surface area contributed by atoms with Crippen LogP contribution in [0.4, 0.5) is 11.5 Å². The van der Waals surface area contributed by atoms with Gasteiger partial charge in [0.05, 0.1) is 11.9 Å². The standard InChI is InChI=1S/C20H20N4O/c1-14-3-4-17(11-15(14)2)20(25)24-19-6-5-18(13-23-19)22-12-16-7-9-21-10-8-16/h3-11,13,22H,12H2,1-2H3,(H,23,24,25). The molecule has 126 valence electrons. The van der Waals surface area contributed by atoms with Crippen molar-refractivity contribution < 1.29 is 4.79 Å². The van der Waals surface area contributed by atoms with Crippen LogP contribution in [0.15, 0.2) is 61.1 Å². The van der Waals surface area contributed by atoms with Crippen LogP contribution in [-0.4, -0.2) is 15.9 Å². The highest BCUT2D eigenvalue weighted by atomic mass is 16.1. The Labute approximate surface area is 147 Å².